The largest absolute Gasteiger partial charge is 0.416 e. The van der Waals surface area contributed by atoms with Gasteiger partial charge in [-0.15, -0.1) is 10.2 Å². The van der Waals surface area contributed by atoms with Gasteiger partial charge >= 0.3 is 6.18 Å². The molecule has 2 heterocycles. The van der Waals surface area contributed by atoms with Crippen LogP contribution in [0.15, 0.2) is 30.7 Å². The molecular weight excluding hydrogens is 371 g/mol. The summed E-state index contributed by atoms with van der Waals surface area (Å²) in [6, 6.07) is 3.94. The van der Waals surface area contributed by atoms with Gasteiger partial charge in [-0.1, -0.05) is 6.07 Å². The first kappa shape index (κ1) is 17.4. The van der Waals surface area contributed by atoms with E-state index in [1.165, 1.54) is 12.1 Å². The van der Waals surface area contributed by atoms with E-state index < -0.39 is 11.7 Å². The molecule has 9 heteroatoms. The molecule has 0 radical (unpaired) electrons. The fourth-order valence-electron chi connectivity index (χ4n) is 3.70. The van der Waals surface area contributed by atoms with Gasteiger partial charge < -0.3 is 10.4 Å². The molecule has 146 valence electrons. The van der Waals surface area contributed by atoms with Gasteiger partial charge in [0.1, 0.15) is 12.0 Å². The van der Waals surface area contributed by atoms with E-state index in [2.05, 4.69) is 20.5 Å². The number of nitrogens with zero attached hydrogens (tertiary/aromatic N) is 4. The number of fused-ring (bicyclic) bond motifs is 1. The maximum Gasteiger partial charge on any atom is 0.416 e. The highest BCUT2D eigenvalue weighted by molar-refractivity contribution is 5.80. The van der Waals surface area contributed by atoms with E-state index in [9.17, 15) is 18.3 Å². The molecule has 0 saturated heterocycles. The van der Waals surface area contributed by atoms with Crippen LogP contribution in [0.5, 0.6) is 0 Å². The summed E-state index contributed by atoms with van der Waals surface area (Å²) in [5, 5.41) is 21.3. The van der Waals surface area contributed by atoms with Crippen LogP contribution in [0.1, 0.15) is 42.7 Å². The highest BCUT2D eigenvalue weighted by atomic mass is 19.4. The van der Waals surface area contributed by atoms with Gasteiger partial charge in [0.05, 0.1) is 23.4 Å². The summed E-state index contributed by atoms with van der Waals surface area (Å²) in [5.41, 5.74) is 1.89. The Hall–Kier alpha value is -2.68. The molecule has 2 N–H and O–H groups in total. The Morgan fingerprint density at radius 1 is 1.14 bits per heavy atom. The van der Waals surface area contributed by atoms with E-state index in [1.54, 1.807) is 16.9 Å². The molecule has 3 aromatic rings. The fourth-order valence-corrected chi connectivity index (χ4v) is 3.70. The quantitative estimate of drug-likeness (QED) is 0.713. The minimum atomic E-state index is -4.37. The Morgan fingerprint density at radius 2 is 1.93 bits per heavy atom. The van der Waals surface area contributed by atoms with Gasteiger partial charge in [-0.2, -0.15) is 13.2 Å². The number of hydrogen-bond donors (Lipinski definition) is 2. The Labute approximate surface area is 158 Å². The molecule has 28 heavy (non-hydrogen) atoms. The Balaban J connectivity index is 1.57. The number of anilines is 1. The molecule has 6 nitrogen and oxygen atoms in total. The van der Waals surface area contributed by atoms with Gasteiger partial charge in [-0.05, 0) is 49.3 Å². The molecule has 0 atom stereocenters. The standard InChI is InChI=1S/C19H18F3N5O/c20-19(21,22)11-3-4-14(15(5-11)10-1-2-10)17-16-8-23-9-27(16)18(26-25-17)24-12-6-13(28)7-12/h3-5,8-10,12-13,28H,1-2,6-7H2,(H,24,26). The van der Waals surface area contributed by atoms with Crippen molar-refractivity contribution in [1.82, 2.24) is 19.6 Å². The number of halogens is 3. The molecule has 2 fully saturated rings. The summed E-state index contributed by atoms with van der Waals surface area (Å²) in [5.74, 6) is 0.629. The van der Waals surface area contributed by atoms with Gasteiger partial charge in [-0.25, -0.2) is 4.98 Å². The van der Waals surface area contributed by atoms with E-state index in [0.29, 0.717) is 41.1 Å². The molecule has 2 aromatic heterocycles. The molecule has 0 unspecified atom stereocenters. The first-order valence-electron chi connectivity index (χ1n) is 9.25. The number of aliphatic hydroxyl groups is 1. The van der Waals surface area contributed by atoms with Crippen LogP contribution in [0.3, 0.4) is 0 Å². The van der Waals surface area contributed by atoms with Crippen molar-refractivity contribution in [2.75, 3.05) is 5.32 Å². The third-order valence-corrected chi connectivity index (χ3v) is 5.45. The summed E-state index contributed by atoms with van der Waals surface area (Å²) >= 11 is 0. The summed E-state index contributed by atoms with van der Waals surface area (Å²) < 4.78 is 41.2. The second-order valence-electron chi connectivity index (χ2n) is 7.56. The minimum absolute atomic E-state index is 0.119. The highest BCUT2D eigenvalue weighted by Gasteiger charge is 2.35. The van der Waals surface area contributed by atoms with Crippen molar-refractivity contribution in [3.8, 4) is 11.3 Å². The maximum absolute atomic E-state index is 13.2. The molecule has 1 aromatic carbocycles. The Morgan fingerprint density at radius 3 is 2.61 bits per heavy atom. The van der Waals surface area contributed by atoms with Crippen molar-refractivity contribution in [3.63, 3.8) is 0 Å². The zero-order valence-corrected chi connectivity index (χ0v) is 14.8. The third kappa shape index (κ3) is 2.99. The summed E-state index contributed by atoms with van der Waals surface area (Å²) in [6.45, 7) is 0. The van der Waals surface area contributed by atoms with Crippen molar-refractivity contribution in [1.29, 1.82) is 0 Å². The fraction of sp³-hybridized carbons (Fsp3) is 0.421. The van der Waals surface area contributed by atoms with Crippen LogP contribution in [0.25, 0.3) is 16.8 Å². The van der Waals surface area contributed by atoms with Gasteiger partial charge in [0.2, 0.25) is 5.95 Å². The van der Waals surface area contributed by atoms with Crippen molar-refractivity contribution in [3.05, 3.63) is 41.9 Å². The minimum Gasteiger partial charge on any atom is -0.393 e. The topological polar surface area (TPSA) is 75.3 Å². The average Bonchev–Trinajstić information content (AvgIpc) is 3.35. The normalized spacial score (nSPS) is 22.3. The SMILES string of the molecule is OC1CC(Nc2nnc(-c3ccc(C(F)(F)F)cc3C3CC3)c3cncn23)C1. The number of nitrogens with one attached hydrogen (secondary N) is 1. The van der Waals surface area contributed by atoms with Crippen LogP contribution in [-0.4, -0.2) is 36.8 Å². The smallest absolute Gasteiger partial charge is 0.393 e. The second-order valence-corrected chi connectivity index (χ2v) is 7.56. The molecule has 2 aliphatic rings. The van der Waals surface area contributed by atoms with E-state index in [1.807, 2.05) is 0 Å². The number of imidazole rings is 1. The van der Waals surface area contributed by atoms with Crippen LogP contribution in [0.2, 0.25) is 0 Å². The van der Waals surface area contributed by atoms with E-state index >= 15 is 0 Å². The number of benzene rings is 1. The zero-order chi connectivity index (χ0) is 19.5. The van der Waals surface area contributed by atoms with Crippen LogP contribution in [-0.2, 0) is 6.18 Å². The lowest BCUT2D eigenvalue weighted by molar-refractivity contribution is -0.137. The number of rotatable bonds is 4. The molecule has 0 aliphatic heterocycles. The summed E-state index contributed by atoms with van der Waals surface area (Å²) in [4.78, 5) is 4.17. The highest BCUT2D eigenvalue weighted by Crippen LogP contribution is 2.46. The van der Waals surface area contributed by atoms with Crippen molar-refractivity contribution in [2.24, 2.45) is 0 Å². The van der Waals surface area contributed by atoms with Gasteiger partial charge in [-0.3, -0.25) is 4.40 Å². The van der Waals surface area contributed by atoms with Gasteiger partial charge in [0, 0.05) is 11.6 Å². The zero-order valence-electron chi connectivity index (χ0n) is 14.8. The summed E-state index contributed by atoms with van der Waals surface area (Å²) in [6.07, 6.45) is 1.61. The van der Waals surface area contributed by atoms with E-state index in [4.69, 9.17) is 0 Å². The first-order chi connectivity index (χ1) is 13.4. The lowest BCUT2D eigenvalue weighted by atomic mass is 9.90. The van der Waals surface area contributed by atoms with Crippen LogP contribution >= 0.6 is 0 Å². The number of alkyl halides is 3. The molecule has 5 rings (SSSR count). The van der Waals surface area contributed by atoms with Crippen LogP contribution in [0, 0.1) is 0 Å². The van der Waals surface area contributed by atoms with Gasteiger partial charge in [0.25, 0.3) is 0 Å². The third-order valence-electron chi connectivity index (χ3n) is 5.45. The van der Waals surface area contributed by atoms with Crippen molar-refractivity contribution >= 4 is 11.5 Å². The second kappa shape index (κ2) is 6.16. The Kier molecular flexibility index (Phi) is 3.84. The Bertz CT molecular complexity index is 1040. The number of aromatic nitrogens is 4. The van der Waals surface area contributed by atoms with Crippen LogP contribution < -0.4 is 5.32 Å². The summed E-state index contributed by atoms with van der Waals surface area (Å²) in [7, 11) is 0. The number of hydrogen-bond acceptors (Lipinski definition) is 5. The molecule has 2 saturated carbocycles. The molecule has 0 amide bonds. The lowest BCUT2D eigenvalue weighted by Crippen LogP contribution is -2.39. The van der Waals surface area contributed by atoms with Crippen molar-refractivity contribution < 1.29 is 18.3 Å². The van der Waals surface area contributed by atoms with Crippen molar-refractivity contribution in [2.45, 2.75) is 49.9 Å². The lowest BCUT2D eigenvalue weighted by Gasteiger charge is -2.32. The number of aliphatic hydroxyl groups excluding tert-OH is 1. The molecule has 0 spiro atoms. The molecular formula is C19H18F3N5O. The van der Waals surface area contributed by atoms with E-state index in [0.717, 1.165) is 18.9 Å². The molecule has 0 bridgehead atoms. The predicted molar refractivity (Wildman–Crippen MR) is 95.8 cm³/mol. The van der Waals surface area contributed by atoms with Gasteiger partial charge in [0.15, 0.2) is 0 Å². The van der Waals surface area contributed by atoms with Crippen LogP contribution in [0.4, 0.5) is 19.1 Å². The average molecular weight is 389 g/mol. The first-order valence-corrected chi connectivity index (χ1v) is 9.25. The predicted octanol–water partition coefficient (Wildman–Crippen LogP) is 3.62. The molecule has 2 aliphatic carbocycles. The maximum atomic E-state index is 13.2. The monoisotopic (exact) mass is 389 g/mol. The van der Waals surface area contributed by atoms with E-state index in [-0.39, 0.29) is 18.1 Å².